The molecule has 1 aromatic carbocycles. The van der Waals surface area contributed by atoms with Gasteiger partial charge >= 0.3 is 0 Å². The van der Waals surface area contributed by atoms with Crippen molar-refractivity contribution in [2.75, 3.05) is 13.1 Å². The van der Waals surface area contributed by atoms with Crippen LogP contribution in [0.4, 0.5) is 0 Å². The first-order chi connectivity index (χ1) is 8.33. The molecule has 1 aromatic rings. The van der Waals surface area contributed by atoms with Gasteiger partial charge in [-0.25, -0.2) is 0 Å². The average molecular weight is 231 g/mol. The molecule has 1 aliphatic heterocycles. The number of aliphatic hydroxyl groups excluding tert-OH is 1. The van der Waals surface area contributed by atoms with Crippen molar-refractivity contribution in [2.24, 2.45) is 11.8 Å². The van der Waals surface area contributed by atoms with Crippen molar-refractivity contribution in [3.05, 3.63) is 35.9 Å². The zero-order valence-electron chi connectivity index (χ0n) is 10.3. The largest absolute Gasteiger partial charge is 0.392 e. The first-order valence-corrected chi connectivity index (χ1v) is 6.77. The molecule has 17 heavy (non-hydrogen) atoms. The maximum absolute atomic E-state index is 10.1. The molecule has 1 N–H and O–H groups in total. The summed E-state index contributed by atoms with van der Waals surface area (Å²) in [5.41, 5.74) is 1.38. The Morgan fingerprint density at radius 2 is 1.82 bits per heavy atom. The molecule has 0 spiro atoms. The van der Waals surface area contributed by atoms with Crippen molar-refractivity contribution in [1.82, 2.24) is 4.90 Å². The van der Waals surface area contributed by atoms with Gasteiger partial charge < -0.3 is 5.11 Å². The van der Waals surface area contributed by atoms with Crippen molar-refractivity contribution >= 4 is 0 Å². The van der Waals surface area contributed by atoms with Crippen LogP contribution in [0.15, 0.2) is 30.3 Å². The average Bonchev–Trinajstić information content (AvgIpc) is 2.21. The Balaban J connectivity index is 1.45. The molecule has 1 aliphatic carbocycles. The van der Waals surface area contributed by atoms with Crippen molar-refractivity contribution in [2.45, 2.75) is 31.9 Å². The summed E-state index contributed by atoms with van der Waals surface area (Å²) in [6.07, 6.45) is 3.78. The first kappa shape index (κ1) is 11.2. The lowest BCUT2D eigenvalue weighted by Crippen LogP contribution is -2.53. The SMILES string of the molecule is OC(C1CCC1)C1CN(Cc2ccccc2)C1. The maximum atomic E-state index is 10.1. The molecule has 1 heterocycles. The maximum Gasteiger partial charge on any atom is 0.0621 e. The molecule has 0 radical (unpaired) electrons. The second-order valence-corrected chi connectivity index (χ2v) is 5.62. The highest BCUT2D eigenvalue weighted by molar-refractivity contribution is 5.15. The summed E-state index contributed by atoms with van der Waals surface area (Å²) >= 11 is 0. The molecular formula is C15H21NO. The van der Waals surface area contributed by atoms with Crippen LogP contribution in [-0.2, 0) is 6.54 Å². The predicted molar refractivity (Wildman–Crippen MR) is 68.6 cm³/mol. The predicted octanol–water partition coefficient (Wildman–Crippen LogP) is 2.28. The van der Waals surface area contributed by atoms with Crippen LogP contribution in [0.25, 0.3) is 0 Å². The van der Waals surface area contributed by atoms with Gasteiger partial charge in [0.15, 0.2) is 0 Å². The van der Waals surface area contributed by atoms with Gasteiger partial charge in [0.25, 0.3) is 0 Å². The van der Waals surface area contributed by atoms with Crippen LogP contribution in [-0.4, -0.2) is 29.2 Å². The molecule has 0 aromatic heterocycles. The van der Waals surface area contributed by atoms with Crippen LogP contribution < -0.4 is 0 Å². The van der Waals surface area contributed by atoms with E-state index in [1.165, 1.54) is 24.8 Å². The van der Waals surface area contributed by atoms with Crippen molar-refractivity contribution in [3.63, 3.8) is 0 Å². The van der Waals surface area contributed by atoms with Crippen molar-refractivity contribution in [1.29, 1.82) is 0 Å². The Morgan fingerprint density at radius 3 is 2.41 bits per heavy atom. The number of rotatable bonds is 4. The third-order valence-electron chi connectivity index (χ3n) is 4.35. The molecule has 2 fully saturated rings. The number of aliphatic hydroxyl groups is 1. The smallest absolute Gasteiger partial charge is 0.0621 e. The van der Waals surface area contributed by atoms with Gasteiger partial charge in [-0.3, -0.25) is 4.90 Å². The number of benzene rings is 1. The highest BCUT2D eigenvalue weighted by Gasteiger charge is 2.38. The summed E-state index contributed by atoms with van der Waals surface area (Å²) in [7, 11) is 0. The molecule has 3 rings (SSSR count). The van der Waals surface area contributed by atoms with Crippen LogP contribution in [0.1, 0.15) is 24.8 Å². The highest BCUT2D eigenvalue weighted by atomic mass is 16.3. The van der Waals surface area contributed by atoms with E-state index in [4.69, 9.17) is 0 Å². The molecule has 92 valence electrons. The van der Waals surface area contributed by atoms with Gasteiger partial charge in [-0.1, -0.05) is 36.8 Å². The van der Waals surface area contributed by atoms with Crippen LogP contribution in [0.3, 0.4) is 0 Å². The van der Waals surface area contributed by atoms with Crippen molar-refractivity contribution < 1.29 is 5.11 Å². The van der Waals surface area contributed by atoms with Crippen LogP contribution in [0.2, 0.25) is 0 Å². The Morgan fingerprint density at radius 1 is 1.12 bits per heavy atom. The van der Waals surface area contributed by atoms with Gasteiger partial charge in [0.2, 0.25) is 0 Å². The molecule has 1 saturated heterocycles. The van der Waals surface area contributed by atoms with E-state index in [1.54, 1.807) is 0 Å². The van der Waals surface area contributed by atoms with E-state index < -0.39 is 0 Å². The number of likely N-dealkylation sites (tertiary alicyclic amines) is 1. The molecule has 2 nitrogen and oxygen atoms in total. The van der Waals surface area contributed by atoms with E-state index in [1.807, 2.05) is 0 Å². The zero-order chi connectivity index (χ0) is 11.7. The summed E-state index contributed by atoms with van der Waals surface area (Å²) < 4.78 is 0. The normalized spacial score (nSPS) is 24.1. The monoisotopic (exact) mass is 231 g/mol. The zero-order valence-corrected chi connectivity index (χ0v) is 10.3. The van der Waals surface area contributed by atoms with Crippen LogP contribution in [0, 0.1) is 11.8 Å². The lowest BCUT2D eigenvalue weighted by Gasteiger charge is -2.45. The highest BCUT2D eigenvalue weighted by Crippen LogP contribution is 2.35. The van der Waals surface area contributed by atoms with Gasteiger partial charge in [0.1, 0.15) is 0 Å². The minimum atomic E-state index is -0.0317. The third kappa shape index (κ3) is 2.38. The Bertz CT molecular complexity index is 354. The van der Waals surface area contributed by atoms with Gasteiger partial charge in [0.05, 0.1) is 6.10 Å². The summed E-state index contributed by atoms with van der Waals surface area (Å²) in [4.78, 5) is 2.43. The van der Waals surface area contributed by atoms with E-state index in [0.29, 0.717) is 11.8 Å². The fraction of sp³-hybridized carbons (Fsp3) is 0.600. The van der Waals surface area contributed by atoms with Crippen LogP contribution >= 0.6 is 0 Å². The molecule has 0 bridgehead atoms. The van der Waals surface area contributed by atoms with Crippen molar-refractivity contribution in [3.8, 4) is 0 Å². The van der Waals surface area contributed by atoms with Gasteiger partial charge in [0, 0.05) is 25.6 Å². The Hall–Kier alpha value is -0.860. The molecule has 2 aliphatic rings. The molecule has 2 heteroatoms. The molecule has 0 amide bonds. The molecular weight excluding hydrogens is 210 g/mol. The fourth-order valence-corrected chi connectivity index (χ4v) is 2.96. The summed E-state index contributed by atoms with van der Waals surface area (Å²) in [6, 6.07) is 10.6. The van der Waals surface area contributed by atoms with E-state index in [9.17, 15) is 5.11 Å². The van der Waals surface area contributed by atoms with Gasteiger partial charge in [-0.05, 0) is 24.3 Å². The molecule has 1 atom stereocenters. The molecule has 1 unspecified atom stereocenters. The number of hydrogen-bond donors (Lipinski definition) is 1. The molecule has 1 saturated carbocycles. The van der Waals surface area contributed by atoms with Crippen LogP contribution in [0.5, 0.6) is 0 Å². The second-order valence-electron chi connectivity index (χ2n) is 5.62. The van der Waals surface area contributed by atoms with E-state index in [0.717, 1.165) is 19.6 Å². The van der Waals surface area contributed by atoms with Gasteiger partial charge in [-0.15, -0.1) is 0 Å². The standard InChI is InChI=1S/C15H21NO/c17-15(13-7-4-8-13)14-10-16(11-14)9-12-5-2-1-3-6-12/h1-3,5-6,13-15,17H,4,7-11H2. The van der Waals surface area contributed by atoms with Gasteiger partial charge in [-0.2, -0.15) is 0 Å². The topological polar surface area (TPSA) is 23.5 Å². The third-order valence-corrected chi connectivity index (χ3v) is 4.35. The van der Waals surface area contributed by atoms with E-state index in [2.05, 4.69) is 35.2 Å². The first-order valence-electron chi connectivity index (χ1n) is 6.77. The summed E-state index contributed by atoms with van der Waals surface area (Å²) in [6.45, 7) is 3.19. The summed E-state index contributed by atoms with van der Waals surface area (Å²) in [5.74, 6) is 1.14. The Labute approximate surface area is 103 Å². The quantitative estimate of drug-likeness (QED) is 0.859. The fourth-order valence-electron chi connectivity index (χ4n) is 2.96. The van der Waals surface area contributed by atoms with E-state index in [-0.39, 0.29) is 6.10 Å². The minimum Gasteiger partial charge on any atom is -0.392 e. The number of nitrogens with zero attached hydrogens (tertiary/aromatic N) is 1. The lowest BCUT2D eigenvalue weighted by atomic mass is 9.74. The van der Waals surface area contributed by atoms with E-state index >= 15 is 0 Å². The Kier molecular flexibility index (Phi) is 3.17. The summed E-state index contributed by atoms with van der Waals surface area (Å²) in [5, 5.41) is 10.1. The lowest BCUT2D eigenvalue weighted by molar-refractivity contribution is -0.0554. The number of hydrogen-bond acceptors (Lipinski definition) is 2. The minimum absolute atomic E-state index is 0.0317. The second kappa shape index (κ2) is 4.79.